The summed E-state index contributed by atoms with van der Waals surface area (Å²) in [5, 5.41) is 0. The Morgan fingerprint density at radius 3 is 2.24 bits per heavy atom. The Bertz CT molecular complexity index is 1220. The molecular formula is C29H30N2O3. The van der Waals surface area contributed by atoms with Gasteiger partial charge in [0.2, 0.25) is 5.75 Å². The van der Waals surface area contributed by atoms with E-state index in [2.05, 4.69) is 59.5 Å². The summed E-state index contributed by atoms with van der Waals surface area (Å²) in [7, 11) is 4.92. The second kappa shape index (κ2) is 9.64. The van der Waals surface area contributed by atoms with Crippen molar-refractivity contribution in [2.75, 3.05) is 34.4 Å². The minimum atomic E-state index is 0.626. The number of hydrogen-bond donors (Lipinski definition) is 0. The Hall–Kier alpha value is -3.73. The summed E-state index contributed by atoms with van der Waals surface area (Å²) in [6, 6.07) is 21.5. The predicted molar refractivity (Wildman–Crippen MR) is 137 cm³/mol. The fourth-order valence-electron chi connectivity index (χ4n) is 4.77. The summed E-state index contributed by atoms with van der Waals surface area (Å²) in [4.78, 5) is 7.23. The maximum Gasteiger partial charge on any atom is 0.203 e. The van der Waals surface area contributed by atoms with E-state index in [-0.39, 0.29) is 0 Å². The van der Waals surface area contributed by atoms with E-state index in [0.29, 0.717) is 17.2 Å². The maximum absolute atomic E-state index is 5.50. The van der Waals surface area contributed by atoms with Crippen LogP contribution in [0.3, 0.4) is 0 Å². The summed E-state index contributed by atoms with van der Waals surface area (Å²) < 4.78 is 16.4. The van der Waals surface area contributed by atoms with Crippen LogP contribution in [0.15, 0.2) is 65.7 Å². The summed E-state index contributed by atoms with van der Waals surface area (Å²) in [6.07, 6.45) is 5.19. The van der Waals surface area contributed by atoms with Gasteiger partial charge in [-0.2, -0.15) is 0 Å². The van der Waals surface area contributed by atoms with Crippen molar-refractivity contribution in [3.05, 3.63) is 88.5 Å². The van der Waals surface area contributed by atoms with Crippen LogP contribution in [0.2, 0.25) is 0 Å². The molecule has 0 aromatic heterocycles. The van der Waals surface area contributed by atoms with Crippen molar-refractivity contribution in [1.82, 2.24) is 4.90 Å². The lowest BCUT2D eigenvalue weighted by atomic mass is 9.95. The molecule has 0 spiro atoms. The van der Waals surface area contributed by atoms with Crippen LogP contribution in [0.25, 0.3) is 11.8 Å². The van der Waals surface area contributed by atoms with Crippen LogP contribution < -0.4 is 14.2 Å². The number of nitrogens with zero attached hydrogens (tertiary/aromatic N) is 2. The van der Waals surface area contributed by atoms with Gasteiger partial charge in [0.1, 0.15) is 5.84 Å². The standard InChI is InChI=1S/C29H30N2O3/c1-32-26-17-21(18-27(33-2)28(26)34-3)10-9-20-11-13-22(14-12-20)25-19-23-7-4-5-8-24(23)29-30-15-6-16-31(25)29/h4-5,7-8,11-14,17-19H,6,9-10,15-16H2,1-3H3. The molecule has 5 heteroatoms. The Kier molecular flexibility index (Phi) is 6.26. The number of amidine groups is 1. The van der Waals surface area contributed by atoms with Gasteiger partial charge in [-0.05, 0) is 59.7 Å². The molecule has 0 amide bonds. The fourth-order valence-corrected chi connectivity index (χ4v) is 4.77. The van der Waals surface area contributed by atoms with E-state index in [1.165, 1.54) is 28.0 Å². The molecule has 0 radical (unpaired) electrons. The number of methoxy groups -OCH3 is 3. The highest BCUT2D eigenvalue weighted by Crippen LogP contribution is 2.38. The SMILES string of the molecule is COc1cc(CCc2ccc(C3=Cc4ccccc4C4=NCCCN34)cc2)cc(OC)c1OC. The van der Waals surface area contributed by atoms with Crippen molar-refractivity contribution < 1.29 is 14.2 Å². The number of hydrogen-bond acceptors (Lipinski definition) is 5. The third-order valence-electron chi connectivity index (χ3n) is 6.52. The number of benzene rings is 3. The lowest BCUT2D eigenvalue weighted by molar-refractivity contribution is 0.324. The van der Waals surface area contributed by atoms with E-state index in [1.807, 2.05) is 12.1 Å². The molecule has 2 heterocycles. The van der Waals surface area contributed by atoms with E-state index < -0.39 is 0 Å². The third kappa shape index (κ3) is 4.14. The monoisotopic (exact) mass is 454 g/mol. The summed E-state index contributed by atoms with van der Waals surface area (Å²) in [5.41, 5.74) is 7.36. The van der Waals surface area contributed by atoms with Gasteiger partial charge in [0.25, 0.3) is 0 Å². The first-order chi connectivity index (χ1) is 16.7. The van der Waals surface area contributed by atoms with Gasteiger partial charge in [-0.3, -0.25) is 4.99 Å². The fraction of sp³-hybridized carbons (Fsp3) is 0.276. The molecule has 5 nitrogen and oxygen atoms in total. The molecule has 0 atom stereocenters. The highest BCUT2D eigenvalue weighted by atomic mass is 16.5. The van der Waals surface area contributed by atoms with Gasteiger partial charge in [0, 0.05) is 18.7 Å². The van der Waals surface area contributed by atoms with Crippen molar-refractivity contribution in [3.63, 3.8) is 0 Å². The number of ether oxygens (including phenoxy) is 3. The molecule has 0 bridgehead atoms. The second-order valence-electron chi connectivity index (χ2n) is 8.56. The lowest BCUT2D eigenvalue weighted by Gasteiger charge is -2.35. The van der Waals surface area contributed by atoms with Crippen molar-refractivity contribution in [1.29, 1.82) is 0 Å². The van der Waals surface area contributed by atoms with Crippen LogP contribution in [0.1, 0.15) is 34.2 Å². The molecule has 34 heavy (non-hydrogen) atoms. The van der Waals surface area contributed by atoms with Gasteiger partial charge in [-0.15, -0.1) is 0 Å². The Balaban J connectivity index is 1.36. The highest BCUT2D eigenvalue weighted by Gasteiger charge is 2.27. The minimum Gasteiger partial charge on any atom is -0.493 e. The molecule has 3 aromatic carbocycles. The summed E-state index contributed by atoms with van der Waals surface area (Å²) in [5.74, 6) is 3.11. The van der Waals surface area contributed by atoms with Gasteiger partial charge in [0.05, 0.1) is 27.0 Å². The smallest absolute Gasteiger partial charge is 0.203 e. The van der Waals surface area contributed by atoms with E-state index in [1.54, 1.807) is 21.3 Å². The average molecular weight is 455 g/mol. The minimum absolute atomic E-state index is 0.626. The average Bonchev–Trinajstić information content (AvgIpc) is 2.91. The van der Waals surface area contributed by atoms with Crippen LogP contribution in [0.4, 0.5) is 0 Å². The Labute approximate surface area is 201 Å². The Morgan fingerprint density at radius 2 is 1.53 bits per heavy atom. The van der Waals surface area contributed by atoms with Crippen LogP contribution in [-0.4, -0.2) is 45.2 Å². The zero-order chi connectivity index (χ0) is 23.5. The van der Waals surface area contributed by atoms with Crippen LogP contribution in [0.5, 0.6) is 17.2 Å². The van der Waals surface area contributed by atoms with E-state index in [4.69, 9.17) is 19.2 Å². The molecule has 3 aromatic rings. The molecule has 0 aliphatic carbocycles. The first kappa shape index (κ1) is 22.1. The van der Waals surface area contributed by atoms with Crippen LogP contribution in [-0.2, 0) is 12.8 Å². The van der Waals surface area contributed by atoms with E-state index in [0.717, 1.165) is 43.8 Å². The van der Waals surface area contributed by atoms with Crippen LogP contribution >= 0.6 is 0 Å². The largest absolute Gasteiger partial charge is 0.493 e. The number of aliphatic imine (C=N–C) groups is 1. The topological polar surface area (TPSA) is 43.3 Å². The predicted octanol–water partition coefficient (Wildman–Crippen LogP) is 5.46. The number of aryl methyl sites for hydroxylation is 2. The zero-order valence-corrected chi connectivity index (χ0v) is 20.0. The van der Waals surface area contributed by atoms with E-state index in [9.17, 15) is 0 Å². The molecule has 0 N–H and O–H groups in total. The number of fused-ring (bicyclic) bond motifs is 3. The molecule has 5 rings (SSSR count). The van der Waals surface area contributed by atoms with Gasteiger partial charge in [-0.1, -0.05) is 48.5 Å². The first-order valence-electron chi connectivity index (χ1n) is 11.7. The lowest BCUT2D eigenvalue weighted by Crippen LogP contribution is -2.37. The second-order valence-corrected chi connectivity index (χ2v) is 8.56. The van der Waals surface area contributed by atoms with Gasteiger partial charge >= 0.3 is 0 Å². The molecular weight excluding hydrogens is 424 g/mol. The normalized spacial score (nSPS) is 14.5. The molecule has 174 valence electrons. The maximum atomic E-state index is 5.50. The van der Waals surface area contributed by atoms with Gasteiger partial charge in [0.15, 0.2) is 11.5 Å². The summed E-state index contributed by atoms with van der Waals surface area (Å²) >= 11 is 0. The third-order valence-corrected chi connectivity index (χ3v) is 6.52. The van der Waals surface area contributed by atoms with Gasteiger partial charge in [-0.25, -0.2) is 0 Å². The molecule has 0 saturated carbocycles. The van der Waals surface area contributed by atoms with Crippen molar-refractivity contribution in [2.45, 2.75) is 19.3 Å². The van der Waals surface area contributed by atoms with E-state index >= 15 is 0 Å². The zero-order valence-electron chi connectivity index (χ0n) is 20.0. The molecule has 2 aliphatic heterocycles. The highest BCUT2D eigenvalue weighted by molar-refractivity contribution is 6.11. The molecule has 2 aliphatic rings. The molecule has 0 saturated heterocycles. The van der Waals surface area contributed by atoms with Crippen molar-refractivity contribution >= 4 is 17.6 Å². The Morgan fingerprint density at radius 1 is 0.824 bits per heavy atom. The quantitative estimate of drug-likeness (QED) is 0.475. The summed E-state index contributed by atoms with van der Waals surface area (Å²) in [6.45, 7) is 1.90. The van der Waals surface area contributed by atoms with Gasteiger partial charge < -0.3 is 19.1 Å². The molecule has 0 unspecified atom stereocenters. The molecule has 0 fully saturated rings. The van der Waals surface area contributed by atoms with Crippen LogP contribution in [0, 0.1) is 0 Å². The van der Waals surface area contributed by atoms with Crippen molar-refractivity contribution in [3.8, 4) is 17.2 Å². The van der Waals surface area contributed by atoms with Crippen molar-refractivity contribution in [2.24, 2.45) is 4.99 Å². The number of rotatable bonds is 7. The first-order valence-corrected chi connectivity index (χ1v) is 11.7.